The summed E-state index contributed by atoms with van der Waals surface area (Å²) in [6, 6.07) is 13.0. The number of aryl methyl sites for hydroxylation is 1. The van der Waals surface area contributed by atoms with Crippen LogP contribution in [0.15, 0.2) is 57.9 Å². The van der Waals surface area contributed by atoms with Crippen molar-refractivity contribution in [2.75, 3.05) is 0 Å². The highest BCUT2D eigenvalue weighted by Crippen LogP contribution is 2.39. The van der Waals surface area contributed by atoms with E-state index in [0.29, 0.717) is 5.56 Å². The standard InChI is InChI=1S/C19H14F3NO2/c1-11-7-9-13(10-8-11)17(23-12(2)24)16-14-5-3-4-6-15(14)25-18(16)19(20,21)22/h3-10H,1-2H3. The number of furan rings is 1. The third kappa shape index (κ3) is 3.33. The number of aliphatic imine (C=N–C) groups is 1. The number of halogens is 3. The summed E-state index contributed by atoms with van der Waals surface area (Å²) in [6.45, 7) is 3.06. The van der Waals surface area contributed by atoms with E-state index in [9.17, 15) is 18.0 Å². The summed E-state index contributed by atoms with van der Waals surface area (Å²) >= 11 is 0. The summed E-state index contributed by atoms with van der Waals surface area (Å²) in [5.74, 6) is -1.75. The minimum atomic E-state index is -4.71. The number of hydrogen-bond acceptors (Lipinski definition) is 2. The number of amides is 1. The zero-order valence-electron chi connectivity index (χ0n) is 13.5. The summed E-state index contributed by atoms with van der Waals surface area (Å²) in [6.07, 6.45) is -4.71. The van der Waals surface area contributed by atoms with Crippen LogP contribution in [-0.2, 0) is 11.0 Å². The molecule has 25 heavy (non-hydrogen) atoms. The lowest BCUT2D eigenvalue weighted by Crippen LogP contribution is -2.13. The van der Waals surface area contributed by atoms with Crippen molar-refractivity contribution < 1.29 is 22.4 Å². The number of rotatable bonds is 2. The molecule has 128 valence electrons. The predicted octanol–water partition coefficient (Wildman–Crippen LogP) is 5.14. The first kappa shape index (κ1) is 17.0. The van der Waals surface area contributed by atoms with Crippen molar-refractivity contribution in [1.82, 2.24) is 0 Å². The van der Waals surface area contributed by atoms with Crippen LogP contribution in [0.2, 0.25) is 0 Å². The summed E-state index contributed by atoms with van der Waals surface area (Å²) < 4.78 is 45.6. The van der Waals surface area contributed by atoms with Crippen LogP contribution in [0.25, 0.3) is 11.0 Å². The number of fused-ring (bicyclic) bond motifs is 1. The van der Waals surface area contributed by atoms with Gasteiger partial charge < -0.3 is 4.42 Å². The molecule has 0 fully saturated rings. The molecule has 0 unspecified atom stereocenters. The Bertz CT molecular complexity index is 966. The van der Waals surface area contributed by atoms with E-state index in [4.69, 9.17) is 4.42 Å². The van der Waals surface area contributed by atoms with Crippen molar-refractivity contribution in [3.63, 3.8) is 0 Å². The van der Waals surface area contributed by atoms with E-state index in [-0.39, 0.29) is 22.2 Å². The van der Waals surface area contributed by atoms with Crippen molar-refractivity contribution in [3.05, 3.63) is 71.0 Å². The first-order valence-corrected chi connectivity index (χ1v) is 7.53. The first-order valence-electron chi connectivity index (χ1n) is 7.53. The maximum Gasteiger partial charge on any atom is 0.450 e. The van der Waals surface area contributed by atoms with Gasteiger partial charge in [-0.15, -0.1) is 0 Å². The number of hydrogen-bond donors (Lipinski definition) is 0. The van der Waals surface area contributed by atoms with Crippen LogP contribution in [0.1, 0.15) is 29.4 Å². The second kappa shape index (κ2) is 6.20. The number of carbonyl (C=O) groups excluding carboxylic acids is 1. The first-order chi connectivity index (χ1) is 11.8. The fraction of sp³-hybridized carbons (Fsp3) is 0.158. The zero-order chi connectivity index (χ0) is 18.2. The Morgan fingerprint density at radius 1 is 1.04 bits per heavy atom. The molecule has 6 heteroatoms. The summed E-state index contributed by atoms with van der Waals surface area (Å²) in [5, 5.41) is 0.260. The third-order valence-electron chi connectivity index (χ3n) is 3.68. The van der Waals surface area contributed by atoms with Gasteiger partial charge in [0, 0.05) is 17.9 Å². The van der Waals surface area contributed by atoms with Crippen LogP contribution in [-0.4, -0.2) is 11.6 Å². The average molecular weight is 345 g/mol. The summed E-state index contributed by atoms with van der Waals surface area (Å²) in [5.41, 5.74) is 1.18. The lowest BCUT2D eigenvalue weighted by molar-refractivity contribution is -0.152. The molecule has 0 saturated heterocycles. The van der Waals surface area contributed by atoms with Crippen LogP contribution >= 0.6 is 0 Å². The Balaban J connectivity index is 2.36. The molecular formula is C19H14F3NO2. The van der Waals surface area contributed by atoms with E-state index in [1.807, 2.05) is 6.92 Å². The molecule has 0 aliphatic heterocycles. The molecule has 1 heterocycles. The number of carbonyl (C=O) groups is 1. The van der Waals surface area contributed by atoms with E-state index in [1.165, 1.54) is 19.1 Å². The number of para-hydroxylation sites is 1. The molecule has 0 radical (unpaired) electrons. The molecule has 3 nitrogen and oxygen atoms in total. The Kier molecular flexibility index (Phi) is 4.20. The lowest BCUT2D eigenvalue weighted by Gasteiger charge is -2.10. The molecule has 1 aromatic heterocycles. The van der Waals surface area contributed by atoms with Crippen LogP contribution in [0.5, 0.6) is 0 Å². The molecule has 0 spiro atoms. The maximum absolute atomic E-state index is 13.5. The molecule has 0 N–H and O–H groups in total. The minimum Gasteiger partial charge on any atom is -0.451 e. The molecule has 3 aromatic rings. The molecule has 0 aliphatic rings. The molecule has 3 rings (SSSR count). The van der Waals surface area contributed by atoms with Crippen molar-refractivity contribution in [2.45, 2.75) is 20.0 Å². The average Bonchev–Trinajstić information content (AvgIpc) is 2.93. The molecule has 0 aliphatic carbocycles. The highest BCUT2D eigenvalue weighted by molar-refractivity contribution is 6.22. The topological polar surface area (TPSA) is 42.6 Å². The molecule has 0 saturated carbocycles. The highest BCUT2D eigenvalue weighted by atomic mass is 19.4. The normalized spacial score (nSPS) is 12.6. The van der Waals surface area contributed by atoms with Crippen LogP contribution in [0.4, 0.5) is 13.2 Å². The van der Waals surface area contributed by atoms with Gasteiger partial charge in [-0.3, -0.25) is 4.79 Å². The largest absolute Gasteiger partial charge is 0.451 e. The third-order valence-corrected chi connectivity index (χ3v) is 3.68. The van der Waals surface area contributed by atoms with Crippen molar-refractivity contribution in [3.8, 4) is 0 Å². The van der Waals surface area contributed by atoms with Crippen molar-refractivity contribution in [1.29, 1.82) is 0 Å². The number of nitrogens with zero attached hydrogens (tertiary/aromatic N) is 1. The van der Waals surface area contributed by atoms with Gasteiger partial charge in [0.1, 0.15) is 5.58 Å². The summed E-state index contributed by atoms with van der Waals surface area (Å²) in [7, 11) is 0. The molecule has 2 aromatic carbocycles. The van der Waals surface area contributed by atoms with Crippen LogP contribution in [0.3, 0.4) is 0 Å². The van der Waals surface area contributed by atoms with Crippen LogP contribution in [0, 0.1) is 6.92 Å². The maximum atomic E-state index is 13.5. The highest BCUT2D eigenvalue weighted by Gasteiger charge is 2.40. The Morgan fingerprint density at radius 2 is 1.68 bits per heavy atom. The van der Waals surface area contributed by atoms with E-state index >= 15 is 0 Å². The fourth-order valence-corrected chi connectivity index (χ4v) is 2.61. The Morgan fingerprint density at radius 3 is 2.28 bits per heavy atom. The molecule has 0 bridgehead atoms. The van der Waals surface area contributed by atoms with Gasteiger partial charge in [-0.25, -0.2) is 4.99 Å². The van der Waals surface area contributed by atoms with Gasteiger partial charge in [0.2, 0.25) is 11.7 Å². The smallest absolute Gasteiger partial charge is 0.450 e. The second-order valence-electron chi connectivity index (χ2n) is 5.65. The van der Waals surface area contributed by atoms with Gasteiger partial charge in [-0.1, -0.05) is 48.0 Å². The predicted molar refractivity (Wildman–Crippen MR) is 88.7 cm³/mol. The van der Waals surface area contributed by atoms with E-state index in [1.54, 1.807) is 36.4 Å². The van der Waals surface area contributed by atoms with Crippen molar-refractivity contribution >= 4 is 22.6 Å². The molecule has 0 atom stereocenters. The van der Waals surface area contributed by atoms with Gasteiger partial charge >= 0.3 is 6.18 Å². The second-order valence-corrected chi connectivity index (χ2v) is 5.65. The van der Waals surface area contributed by atoms with Gasteiger partial charge in [0.15, 0.2) is 0 Å². The lowest BCUT2D eigenvalue weighted by atomic mass is 9.98. The molecule has 1 amide bonds. The van der Waals surface area contributed by atoms with Crippen molar-refractivity contribution in [2.24, 2.45) is 4.99 Å². The fourth-order valence-electron chi connectivity index (χ4n) is 2.61. The number of benzene rings is 2. The number of alkyl halides is 3. The van der Waals surface area contributed by atoms with Gasteiger partial charge in [0.25, 0.3) is 0 Å². The zero-order valence-corrected chi connectivity index (χ0v) is 13.5. The SMILES string of the molecule is CC(=O)N=C(c1ccc(C)cc1)c1c(C(F)(F)F)oc2ccccc12. The Labute approximate surface area is 141 Å². The Hall–Kier alpha value is -2.89. The summed E-state index contributed by atoms with van der Waals surface area (Å²) in [4.78, 5) is 15.4. The van der Waals surface area contributed by atoms with Crippen LogP contribution < -0.4 is 0 Å². The van der Waals surface area contributed by atoms with E-state index in [0.717, 1.165) is 5.56 Å². The van der Waals surface area contributed by atoms with Gasteiger partial charge in [-0.05, 0) is 13.0 Å². The minimum absolute atomic E-state index is 0.0511. The van der Waals surface area contributed by atoms with E-state index < -0.39 is 17.8 Å². The van der Waals surface area contributed by atoms with Gasteiger partial charge in [-0.2, -0.15) is 13.2 Å². The van der Waals surface area contributed by atoms with Gasteiger partial charge in [0.05, 0.1) is 11.3 Å². The molecular weight excluding hydrogens is 331 g/mol. The monoisotopic (exact) mass is 345 g/mol. The quantitative estimate of drug-likeness (QED) is 0.603. The van der Waals surface area contributed by atoms with E-state index in [2.05, 4.69) is 4.99 Å².